The van der Waals surface area contributed by atoms with E-state index < -0.39 is 0 Å². The molecule has 0 aliphatic rings. The number of aryl methyl sites for hydroxylation is 3. The molecule has 0 heterocycles. The Hall–Kier alpha value is -1.64. The normalized spacial score (nSPS) is 12.4. The van der Waals surface area contributed by atoms with Gasteiger partial charge in [-0.05, 0) is 43.9 Å². The van der Waals surface area contributed by atoms with Crippen LogP contribution in [0.25, 0.3) is 0 Å². The number of hydrazine groups is 1. The van der Waals surface area contributed by atoms with Gasteiger partial charge in [0.2, 0.25) is 0 Å². The van der Waals surface area contributed by atoms with E-state index in [4.69, 9.17) is 5.84 Å². The molecule has 0 aliphatic heterocycles. The van der Waals surface area contributed by atoms with E-state index in [-0.39, 0.29) is 6.04 Å². The summed E-state index contributed by atoms with van der Waals surface area (Å²) in [4.78, 5) is 0. The molecule has 0 radical (unpaired) electrons. The molecule has 0 aliphatic carbocycles. The highest BCUT2D eigenvalue weighted by Crippen LogP contribution is 2.22. The molecule has 2 heteroatoms. The highest BCUT2D eigenvalue weighted by molar-refractivity contribution is 5.33. The van der Waals surface area contributed by atoms with Crippen LogP contribution >= 0.6 is 0 Å². The van der Waals surface area contributed by atoms with Crippen LogP contribution in [0, 0.1) is 20.8 Å². The SMILES string of the molecule is Cc1cc(C)cc(CC(NN)c2ccccc2C)c1. The predicted octanol–water partition coefficient (Wildman–Crippen LogP) is 3.36. The van der Waals surface area contributed by atoms with Gasteiger partial charge in [-0.3, -0.25) is 11.3 Å². The summed E-state index contributed by atoms with van der Waals surface area (Å²) in [6, 6.07) is 15.2. The Labute approximate surface area is 115 Å². The molecule has 0 fully saturated rings. The minimum atomic E-state index is 0.155. The molecule has 100 valence electrons. The minimum Gasteiger partial charge on any atom is -0.271 e. The summed E-state index contributed by atoms with van der Waals surface area (Å²) in [7, 11) is 0. The van der Waals surface area contributed by atoms with E-state index in [1.165, 1.54) is 27.8 Å². The average Bonchev–Trinajstić information content (AvgIpc) is 2.36. The lowest BCUT2D eigenvalue weighted by molar-refractivity contribution is 0.549. The van der Waals surface area contributed by atoms with Crippen molar-refractivity contribution in [3.63, 3.8) is 0 Å². The average molecular weight is 254 g/mol. The van der Waals surface area contributed by atoms with Crippen LogP contribution in [0.15, 0.2) is 42.5 Å². The van der Waals surface area contributed by atoms with Gasteiger partial charge < -0.3 is 0 Å². The Morgan fingerprint density at radius 1 is 1.00 bits per heavy atom. The highest BCUT2D eigenvalue weighted by atomic mass is 15.2. The van der Waals surface area contributed by atoms with Crippen LogP contribution in [0.1, 0.15) is 33.9 Å². The Kier molecular flexibility index (Phi) is 4.35. The monoisotopic (exact) mass is 254 g/mol. The van der Waals surface area contributed by atoms with Crippen molar-refractivity contribution < 1.29 is 0 Å². The number of nitrogens with two attached hydrogens (primary N) is 1. The lowest BCUT2D eigenvalue weighted by Crippen LogP contribution is -2.30. The quantitative estimate of drug-likeness (QED) is 0.648. The van der Waals surface area contributed by atoms with Crippen LogP contribution < -0.4 is 11.3 Å². The summed E-state index contributed by atoms with van der Waals surface area (Å²) in [6.45, 7) is 6.39. The van der Waals surface area contributed by atoms with E-state index in [2.05, 4.69) is 68.7 Å². The van der Waals surface area contributed by atoms with E-state index in [1.807, 2.05) is 0 Å². The first-order valence-corrected chi connectivity index (χ1v) is 6.69. The molecule has 0 amide bonds. The fourth-order valence-corrected chi connectivity index (χ4v) is 2.66. The molecule has 3 N–H and O–H groups in total. The molecular weight excluding hydrogens is 232 g/mol. The molecule has 0 bridgehead atoms. The number of hydrogen-bond donors (Lipinski definition) is 2. The van der Waals surface area contributed by atoms with E-state index in [1.54, 1.807) is 0 Å². The summed E-state index contributed by atoms with van der Waals surface area (Å²) in [5.41, 5.74) is 9.41. The fraction of sp³-hybridized carbons (Fsp3) is 0.294. The Morgan fingerprint density at radius 2 is 1.63 bits per heavy atom. The first-order valence-electron chi connectivity index (χ1n) is 6.69. The van der Waals surface area contributed by atoms with Crippen LogP contribution in [0.4, 0.5) is 0 Å². The Morgan fingerprint density at radius 3 is 2.21 bits per heavy atom. The minimum absolute atomic E-state index is 0.155. The van der Waals surface area contributed by atoms with Crippen LogP contribution in [-0.2, 0) is 6.42 Å². The van der Waals surface area contributed by atoms with Gasteiger partial charge in [0.05, 0.1) is 6.04 Å². The summed E-state index contributed by atoms with van der Waals surface area (Å²) in [6.07, 6.45) is 0.907. The van der Waals surface area contributed by atoms with Crippen LogP contribution in [0.3, 0.4) is 0 Å². The summed E-state index contributed by atoms with van der Waals surface area (Å²) >= 11 is 0. The Balaban J connectivity index is 2.26. The molecule has 2 aromatic rings. The van der Waals surface area contributed by atoms with Crippen molar-refractivity contribution in [2.45, 2.75) is 33.2 Å². The van der Waals surface area contributed by atoms with Gasteiger partial charge in [0, 0.05) is 0 Å². The standard InChI is InChI=1S/C17H22N2/c1-12-8-13(2)10-15(9-12)11-17(19-18)16-7-5-4-6-14(16)3/h4-10,17,19H,11,18H2,1-3H3. The van der Waals surface area contributed by atoms with Crippen molar-refractivity contribution in [2.24, 2.45) is 5.84 Å². The van der Waals surface area contributed by atoms with Crippen LogP contribution in [-0.4, -0.2) is 0 Å². The van der Waals surface area contributed by atoms with Gasteiger partial charge in [-0.1, -0.05) is 53.6 Å². The molecule has 0 spiro atoms. The summed E-state index contributed by atoms with van der Waals surface area (Å²) in [5.74, 6) is 5.75. The maximum atomic E-state index is 5.75. The topological polar surface area (TPSA) is 38.0 Å². The molecule has 2 rings (SSSR count). The maximum absolute atomic E-state index is 5.75. The maximum Gasteiger partial charge on any atom is 0.0502 e. The molecule has 19 heavy (non-hydrogen) atoms. The second-order valence-electron chi connectivity index (χ2n) is 5.28. The first-order chi connectivity index (χ1) is 9.10. The second kappa shape index (κ2) is 6.00. The third-order valence-corrected chi connectivity index (χ3v) is 3.49. The van der Waals surface area contributed by atoms with Crippen LogP contribution in [0.2, 0.25) is 0 Å². The number of rotatable bonds is 4. The lowest BCUT2D eigenvalue weighted by Gasteiger charge is -2.19. The number of hydrogen-bond acceptors (Lipinski definition) is 2. The summed E-state index contributed by atoms with van der Waals surface area (Å²) < 4.78 is 0. The van der Waals surface area contributed by atoms with Crippen molar-refractivity contribution >= 4 is 0 Å². The van der Waals surface area contributed by atoms with E-state index in [0.717, 1.165) is 6.42 Å². The van der Waals surface area contributed by atoms with Gasteiger partial charge in [0.1, 0.15) is 0 Å². The molecular formula is C17H22N2. The molecule has 0 saturated carbocycles. The largest absolute Gasteiger partial charge is 0.271 e. The molecule has 2 nitrogen and oxygen atoms in total. The fourth-order valence-electron chi connectivity index (χ4n) is 2.66. The van der Waals surface area contributed by atoms with E-state index >= 15 is 0 Å². The van der Waals surface area contributed by atoms with Crippen molar-refractivity contribution in [3.05, 3.63) is 70.3 Å². The van der Waals surface area contributed by atoms with E-state index in [0.29, 0.717) is 0 Å². The molecule has 2 aromatic carbocycles. The molecule has 0 saturated heterocycles. The number of nitrogens with one attached hydrogen (secondary N) is 1. The Bertz CT molecular complexity index is 541. The van der Waals surface area contributed by atoms with Crippen molar-refractivity contribution in [1.82, 2.24) is 5.43 Å². The van der Waals surface area contributed by atoms with Gasteiger partial charge in [-0.25, -0.2) is 0 Å². The summed E-state index contributed by atoms with van der Waals surface area (Å²) in [5, 5.41) is 0. The lowest BCUT2D eigenvalue weighted by atomic mass is 9.94. The van der Waals surface area contributed by atoms with Crippen molar-refractivity contribution in [3.8, 4) is 0 Å². The smallest absolute Gasteiger partial charge is 0.0502 e. The molecule has 1 atom stereocenters. The molecule has 0 aromatic heterocycles. The predicted molar refractivity (Wildman–Crippen MR) is 80.9 cm³/mol. The van der Waals surface area contributed by atoms with Crippen LogP contribution in [0.5, 0.6) is 0 Å². The van der Waals surface area contributed by atoms with Gasteiger partial charge in [0.15, 0.2) is 0 Å². The van der Waals surface area contributed by atoms with Gasteiger partial charge in [-0.2, -0.15) is 0 Å². The third kappa shape index (κ3) is 3.43. The zero-order valence-corrected chi connectivity index (χ0v) is 11.9. The van der Waals surface area contributed by atoms with Crippen molar-refractivity contribution in [1.29, 1.82) is 0 Å². The molecule has 1 unspecified atom stereocenters. The third-order valence-electron chi connectivity index (χ3n) is 3.49. The zero-order chi connectivity index (χ0) is 13.8. The second-order valence-corrected chi connectivity index (χ2v) is 5.28. The highest BCUT2D eigenvalue weighted by Gasteiger charge is 2.12. The zero-order valence-electron chi connectivity index (χ0n) is 11.9. The number of benzene rings is 2. The van der Waals surface area contributed by atoms with E-state index in [9.17, 15) is 0 Å². The first kappa shape index (κ1) is 13.8. The van der Waals surface area contributed by atoms with Crippen molar-refractivity contribution in [2.75, 3.05) is 0 Å². The van der Waals surface area contributed by atoms with Gasteiger partial charge >= 0.3 is 0 Å². The van der Waals surface area contributed by atoms with Gasteiger partial charge in [-0.15, -0.1) is 0 Å². The van der Waals surface area contributed by atoms with Gasteiger partial charge in [0.25, 0.3) is 0 Å².